The van der Waals surface area contributed by atoms with Gasteiger partial charge in [-0.25, -0.2) is 4.98 Å². The van der Waals surface area contributed by atoms with Crippen molar-refractivity contribution in [3.05, 3.63) is 47.6 Å². The van der Waals surface area contributed by atoms with E-state index in [0.29, 0.717) is 18.8 Å². The predicted octanol–water partition coefficient (Wildman–Crippen LogP) is 3.70. The minimum Gasteiger partial charge on any atom is -0.376 e. The van der Waals surface area contributed by atoms with Crippen molar-refractivity contribution in [3.63, 3.8) is 0 Å². The molecule has 2 aromatic heterocycles. The zero-order chi connectivity index (χ0) is 17.2. The fourth-order valence-corrected chi connectivity index (χ4v) is 4.08. The van der Waals surface area contributed by atoms with Crippen LogP contribution in [0.3, 0.4) is 0 Å². The second-order valence-electron chi connectivity index (χ2n) is 6.24. The fraction of sp³-hybridized carbons (Fsp3) is 0.368. The Kier molecular flexibility index (Phi) is 4.55. The molecule has 4 rings (SSSR count). The van der Waals surface area contributed by atoms with Crippen LogP contribution < -0.4 is 0 Å². The molecule has 3 heterocycles. The maximum Gasteiger partial charge on any atom is 0.271 e. The van der Waals surface area contributed by atoms with E-state index in [1.807, 2.05) is 58.1 Å². The van der Waals surface area contributed by atoms with Gasteiger partial charge in [0.1, 0.15) is 5.69 Å². The molecule has 1 aliphatic rings. The second-order valence-corrected chi connectivity index (χ2v) is 7.08. The summed E-state index contributed by atoms with van der Waals surface area (Å²) in [6.07, 6.45) is 4.24. The molecule has 0 unspecified atom stereocenters. The Morgan fingerprint density at radius 1 is 1.40 bits per heavy atom. The Bertz CT molecular complexity index is 865. The molecule has 1 amide bonds. The summed E-state index contributed by atoms with van der Waals surface area (Å²) in [6, 6.07) is 10.0. The summed E-state index contributed by atoms with van der Waals surface area (Å²) in [5.74, 6) is 0.0428. The van der Waals surface area contributed by atoms with E-state index in [2.05, 4.69) is 4.98 Å². The fourth-order valence-electron chi connectivity index (χ4n) is 3.24. The van der Waals surface area contributed by atoms with Crippen LogP contribution >= 0.6 is 11.3 Å². The lowest BCUT2D eigenvalue weighted by molar-refractivity contribution is 0.0534. The van der Waals surface area contributed by atoms with Crippen LogP contribution in [0.2, 0.25) is 0 Å². The number of nitrogens with zero attached hydrogens (tertiary/aromatic N) is 3. The molecule has 0 N–H and O–H groups in total. The molecule has 0 spiro atoms. The number of imidazole rings is 1. The summed E-state index contributed by atoms with van der Waals surface area (Å²) in [5.41, 5.74) is 2.63. The van der Waals surface area contributed by atoms with Gasteiger partial charge < -0.3 is 9.64 Å². The highest BCUT2D eigenvalue weighted by atomic mass is 32.1. The van der Waals surface area contributed by atoms with Gasteiger partial charge in [0.25, 0.3) is 5.91 Å². The molecule has 0 saturated carbocycles. The molecule has 3 aromatic rings. The number of fused-ring (bicyclic) bond motifs is 1. The van der Waals surface area contributed by atoms with Crippen molar-refractivity contribution in [1.82, 2.24) is 14.3 Å². The Morgan fingerprint density at radius 3 is 2.96 bits per heavy atom. The van der Waals surface area contributed by atoms with Crippen molar-refractivity contribution >= 4 is 22.2 Å². The lowest BCUT2D eigenvalue weighted by Crippen LogP contribution is -2.37. The van der Waals surface area contributed by atoms with Crippen LogP contribution in [-0.4, -0.2) is 46.0 Å². The quantitative estimate of drug-likeness (QED) is 0.701. The van der Waals surface area contributed by atoms with Crippen LogP contribution in [0.1, 0.15) is 30.3 Å². The number of hydrogen-bond acceptors (Lipinski definition) is 4. The number of hydrogen-bond donors (Lipinski definition) is 0. The lowest BCUT2D eigenvalue weighted by atomic mass is 10.2. The Balaban J connectivity index is 1.61. The van der Waals surface area contributed by atoms with E-state index in [4.69, 9.17) is 4.74 Å². The SMILES string of the molecule is CCN(C[C@@H]1CCCO1)C(=O)c1csc2nc(-c3ccccc3)cn12. The first kappa shape index (κ1) is 16.3. The second kappa shape index (κ2) is 6.98. The molecule has 130 valence electrons. The maximum atomic E-state index is 13.0. The van der Waals surface area contributed by atoms with Gasteiger partial charge in [-0.15, -0.1) is 11.3 Å². The first-order valence-electron chi connectivity index (χ1n) is 8.69. The zero-order valence-corrected chi connectivity index (χ0v) is 15.0. The molecule has 0 radical (unpaired) electrons. The normalized spacial score (nSPS) is 17.2. The van der Waals surface area contributed by atoms with Crippen molar-refractivity contribution < 1.29 is 9.53 Å². The Hall–Kier alpha value is -2.18. The molecule has 1 saturated heterocycles. The molecule has 0 aliphatic carbocycles. The van der Waals surface area contributed by atoms with Crippen LogP contribution in [-0.2, 0) is 4.74 Å². The third-order valence-electron chi connectivity index (χ3n) is 4.61. The third kappa shape index (κ3) is 3.19. The van der Waals surface area contributed by atoms with Crippen LogP contribution in [0.5, 0.6) is 0 Å². The molecule has 1 aromatic carbocycles. The van der Waals surface area contributed by atoms with E-state index in [0.717, 1.165) is 35.7 Å². The standard InChI is InChI=1S/C19H21N3O2S/c1-2-21(11-15-9-6-10-24-15)18(23)17-13-25-19-20-16(12-22(17)19)14-7-4-3-5-8-14/h3-5,7-8,12-13,15H,2,6,9-11H2,1H3/t15-/m0/s1. The monoisotopic (exact) mass is 355 g/mol. The van der Waals surface area contributed by atoms with Crippen molar-refractivity contribution in [1.29, 1.82) is 0 Å². The smallest absolute Gasteiger partial charge is 0.271 e. The number of rotatable bonds is 5. The predicted molar refractivity (Wildman–Crippen MR) is 99.1 cm³/mol. The molecule has 6 heteroatoms. The van der Waals surface area contributed by atoms with E-state index >= 15 is 0 Å². The number of amides is 1. The van der Waals surface area contributed by atoms with Crippen molar-refractivity contribution in [3.8, 4) is 11.3 Å². The highest BCUT2D eigenvalue weighted by Crippen LogP contribution is 2.24. The van der Waals surface area contributed by atoms with E-state index < -0.39 is 0 Å². The van der Waals surface area contributed by atoms with Crippen LogP contribution in [0.4, 0.5) is 0 Å². The average molecular weight is 355 g/mol. The number of likely N-dealkylation sites (N-methyl/N-ethyl adjacent to an activating group) is 1. The topological polar surface area (TPSA) is 46.8 Å². The molecule has 1 atom stereocenters. The number of thiazole rings is 1. The number of carbonyl (C=O) groups excluding carboxylic acids is 1. The Labute approximate surface area is 150 Å². The first-order chi connectivity index (χ1) is 12.3. The van der Waals surface area contributed by atoms with Crippen molar-refractivity contribution in [2.45, 2.75) is 25.9 Å². The van der Waals surface area contributed by atoms with Gasteiger partial charge in [-0.3, -0.25) is 9.20 Å². The van der Waals surface area contributed by atoms with Gasteiger partial charge in [0.05, 0.1) is 11.8 Å². The zero-order valence-electron chi connectivity index (χ0n) is 14.2. The van der Waals surface area contributed by atoms with Gasteiger partial charge >= 0.3 is 0 Å². The summed E-state index contributed by atoms with van der Waals surface area (Å²) in [7, 11) is 0. The highest BCUT2D eigenvalue weighted by Gasteiger charge is 2.24. The van der Waals surface area contributed by atoms with Crippen molar-refractivity contribution in [2.75, 3.05) is 19.7 Å². The van der Waals surface area contributed by atoms with Gasteiger partial charge in [0.2, 0.25) is 0 Å². The summed E-state index contributed by atoms with van der Waals surface area (Å²) in [6.45, 7) is 4.16. The van der Waals surface area contributed by atoms with Gasteiger partial charge in [-0.05, 0) is 19.8 Å². The summed E-state index contributed by atoms with van der Waals surface area (Å²) in [4.78, 5) is 20.4. The molecule has 1 fully saturated rings. The van der Waals surface area contributed by atoms with E-state index in [-0.39, 0.29) is 12.0 Å². The van der Waals surface area contributed by atoms with Crippen LogP contribution in [0.15, 0.2) is 41.9 Å². The average Bonchev–Trinajstić information content (AvgIpc) is 3.36. The largest absolute Gasteiger partial charge is 0.376 e. The van der Waals surface area contributed by atoms with Crippen molar-refractivity contribution in [2.24, 2.45) is 0 Å². The molecular formula is C19H21N3O2S. The molecule has 25 heavy (non-hydrogen) atoms. The third-order valence-corrected chi connectivity index (χ3v) is 5.45. The van der Waals surface area contributed by atoms with Crippen LogP contribution in [0.25, 0.3) is 16.2 Å². The minimum atomic E-state index is 0.0428. The summed E-state index contributed by atoms with van der Waals surface area (Å²) < 4.78 is 7.60. The van der Waals surface area contributed by atoms with Gasteiger partial charge in [-0.1, -0.05) is 30.3 Å². The van der Waals surface area contributed by atoms with E-state index in [1.54, 1.807) is 0 Å². The maximum absolute atomic E-state index is 13.0. The van der Waals surface area contributed by atoms with Gasteiger partial charge in [-0.2, -0.15) is 0 Å². The lowest BCUT2D eigenvalue weighted by Gasteiger charge is -2.23. The number of aromatic nitrogens is 2. The number of carbonyl (C=O) groups is 1. The van der Waals surface area contributed by atoms with Gasteiger partial charge in [0, 0.05) is 36.8 Å². The Morgan fingerprint density at radius 2 is 2.24 bits per heavy atom. The van der Waals surface area contributed by atoms with E-state index in [1.165, 1.54) is 11.3 Å². The first-order valence-corrected chi connectivity index (χ1v) is 9.57. The molecular weight excluding hydrogens is 334 g/mol. The number of benzene rings is 1. The van der Waals surface area contributed by atoms with E-state index in [9.17, 15) is 4.79 Å². The molecule has 0 bridgehead atoms. The molecule has 5 nitrogen and oxygen atoms in total. The van der Waals surface area contributed by atoms with Crippen LogP contribution in [0, 0.1) is 0 Å². The summed E-state index contributed by atoms with van der Waals surface area (Å²) in [5, 5.41) is 1.90. The summed E-state index contributed by atoms with van der Waals surface area (Å²) >= 11 is 1.50. The molecule has 1 aliphatic heterocycles. The number of ether oxygens (including phenoxy) is 1. The minimum absolute atomic E-state index is 0.0428. The van der Waals surface area contributed by atoms with Gasteiger partial charge in [0.15, 0.2) is 4.96 Å². The highest BCUT2D eigenvalue weighted by molar-refractivity contribution is 7.15.